The lowest BCUT2D eigenvalue weighted by Gasteiger charge is -2.44. The van der Waals surface area contributed by atoms with Crippen molar-refractivity contribution in [2.45, 2.75) is 18.4 Å². The Balaban J connectivity index is 1.66. The molecule has 128 valence electrons. The number of benzene rings is 2. The zero-order chi connectivity index (χ0) is 17.1. The smallest absolute Gasteiger partial charge is 0.231 e. The molecule has 0 fully saturated rings. The van der Waals surface area contributed by atoms with E-state index in [9.17, 15) is 0 Å². The number of hydrogen-bond donors (Lipinski definition) is 0. The Bertz CT molecular complexity index is 896. The van der Waals surface area contributed by atoms with E-state index >= 15 is 0 Å². The summed E-state index contributed by atoms with van der Waals surface area (Å²) in [7, 11) is 2.20. The van der Waals surface area contributed by atoms with Crippen LogP contribution in [0.3, 0.4) is 0 Å². The van der Waals surface area contributed by atoms with E-state index in [-0.39, 0.29) is 6.04 Å². The lowest BCUT2D eigenvalue weighted by Crippen LogP contribution is -2.37. The average Bonchev–Trinajstić information content (AvgIpc) is 3.24. The van der Waals surface area contributed by atoms with Gasteiger partial charge in [0.25, 0.3) is 0 Å². The van der Waals surface area contributed by atoms with Gasteiger partial charge in [0, 0.05) is 27.6 Å². The molecule has 0 aromatic heterocycles. The molecule has 0 saturated carbocycles. The molecule has 3 nitrogen and oxygen atoms in total. The molecule has 0 amide bonds. The van der Waals surface area contributed by atoms with Gasteiger partial charge in [-0.3, -0.25) is 0 Å². The third-order valence-electron chi connectivity index (χ3n) is 5.57. The molecule has 0 saturated heterocycles. The Morgan fingerprint density at radius 3 is 2.68 bits per heavy atom. The highest BCUT2D eigenvalue weighted by Crippen LogP contribution is 2.54. The van der Waals surface area contributed by atoms with E-state index < -0.39 is 0 Å². The highest BCUT2D eigenvalue weighted by Gasteiger charge is 2.42. The van der Waals surface area contributed by atoms with Gasteiger partial charge in [-0.25, -0.2) is 0 Å². The van der Waals surface area contributed by atoms with Gasteiger partial charge in [0.15, 0.2) is 11.5 Å². The molecule has 25 heavy (non-hydrogen) atoms. The van der Waals surface area contributed by atoms with Crippen LogP contribution >= 0.6 is 31.9 Å². The quantitative estimate of drug-likeness (QED) is 0.500. The van der Waals surface area contributed by atoms with Gasteiger partial charge in [0.1, 0.15) is 0 Å². The average molecular weight is 463 g/mol. The normalized spacial score (nSPS) is 25.9. The van der Waals surface area contributed by atoms with Crippen LogP contribution < -0.4 is 14.4 Å². The third kappa shape index (κ3) is 2.36. The molecular formula is C20H17Br2NO2. The summed E-state index contributed by atoms with van der Waals surface area (Å²) >= 11 is 7.40. The molecule has 0 spiro atoms. The van der Waals surface area contributed by atoms with Crippen LogP contribution in [0.1, 0.15) is 29.5 Å². The fourth-order valence-electron chi connectivity index (χ4n) is 4.48. The van der Waals surface area contributed by atoms with E-state index in [4.69, 9.17) is 9.47 Å². The minimum atomic E-state index is 0.289. The summed E-state index contributed by atoms with van der Waals surface area (Å²) in [6, 6.07) is 11.1. The molecule has 5 rings (SSSR count). The molecule has 0 bridgehead atoms. The maximum absolute atomic E-state index is 5.63. The number of nitrogens with zero attached hydrogens (tertiary/aromatic N) is 1. The monoisotopic (exact) mass is 461 g/mol. The predicted molar refractivity (Wildman–Crippen MR) is 106 cm³/mol. The topological polar surface area (TPSA) is 21.7 Å². The zero-order valence-electron chi connectivity index (χ0n) is 13.7. The second-order valence-corrected chi connectivity index (χ2v) is 8.61. The van der Waals surface area contributed by atoms with E-state index in [2.05, 4.69) is 80.2 Å². The van der Waals surface area contributed by atoms with Crippen LogP contribution in [0.5, 0.6) is 11.5 Å². The fraction of sp³-hybridized carbons (Fsp3) is 0.300. The van der Waals surface area contributed by atoms with Crippen LogP contribution in [-0.4, -0.2) is 13.8 Å². The molecule has 3 atom stereocenters. The summed E-state index contributed by atoms with van der Waals surface area (Å²) in [5, 5.41) is 0. The number of anilines is 1. The van der Waals surface area contributed by atoms with Crippen molar-refractivity contribution in [3.05, 3.63) is 62.6 Å². The van der Waals surface area contributed by atoms with Crippen molar-refractivity contribution in [3.8, 4) is 11.5 Å². The fourth-order valence-corrected chi connectivity index (χ4v) is 5.42. The summed E-state index contributed by atoms with van der Waals surface area (Å²) < 4.78 is 13.4. The van der Waals surface area contributed by atoms with E-state index in [0.717, 1.165) is 26.9 Å². The van der Waals surface area contributed by atoms with Gasteiger partial charge in [-0.15, -0.1) is 0 Å². The molecule has 1 aliphatic carbocycles. The molecule has 0 radical (unpaired) electrons. The van der Waals surface area contributed by atoms with Crippen molar-refractivity contribution in [1.29, 1.82) is 0 Å². The SMILES string of the molecule is CN1c2ccc(Br)cc2C2C=CCC2C1c1cc2c(cc1Br)OCO2. The zero-order valence-corrected chi connectivity index (χ0v) is 16.9. The minimum Gasteiger partial charge on any atom is -0.454 e. The molecular weight excluding hydrogens is 446 g/mol. The Kier molecular flexibility index (Phi) is 3.64. The molecule has 2 aromatic rings. The maximum Gasteiger partial charge on any atom is 0.231 e. The Morgan fingerprint density at radius 1 is 1.04 bits per heavy atom. The summed E-state index contributed by atoms with van der Waals surface area (Å²) in [6.45, 7) is 0.302. The summed E-state index contributed by atoms with van der Waals surface area (Å²) in [5.41, 5.74) is 3.97. The van der Waals surface area contributed by atoms with Crippen LogP contribution in [0.25, 0.3) is 0 Å². The van der Waals surface area contributed by atoms with Gasteiger partial charge in [0.2, 0.25) is 6.79 Å². The van der Waals surface area contributed by atoms with Crippen molar-refractivity contribution in [2.24, 2.45) is 5.92 Å². The van der Waals surface area contributed by atoms with Gasteiger partial charge in [-0.1, -0.05) is 44.0 Å². The van der Waals surface area contributed by atoms with E-state index in [0.29, 0.717) is 18.6 Å². The van der Waals surface area contributed by atoms with Crippen LogP contribution in [0.15, 0.2) is 51.4 Å². The maximum atomic E-state index is 5.63. The molecule has 3 unspecified atom stereocenters. The number of hydrogen-bond acceptors (Lipinski definition) is 3. The van der Waals surface area contributed by atoms with Crippen molar-refractivity contribution >= 4 is 37.5 Å². The van der Waals surface area contributed by atoms with Crippen LogP contribution in [-0.2, 0) is 0 Å². The number of rotatable bonds is 1. The Labute approximate surface area is 163 Å². The van der Waals surface area contributed by atoms with Crippen molar-refractivity contribution < 1.29 is 9.47 Å². The highest BCUT2D eigenvalue weighted by molar-refractivity contribution is 9.10. The van der Waals surface area contributed by atoms with Crippen LogP contribution in [0, 0.1) is 5.92 Å². The highest BCUT2D eigenvalue weighted by atomic mass is 79.9. The molecule has 2 aromatic carbocycles. The third-order valence-corrected chi connectivity index (χ3v) is 6.75. The van der Waals surface area contributed by atoms with Gasteiger partial charge < -0.3 is 14.4 Å². The van der Waals surface area contributed by atoms with Crippen LogP contribution in [0.4, 0.5) is 5.69 Å². The number of fused-ring (bicyclic) bond motifs is 4. The first-order valence-corrected chi connectivity index (χ1v) is 10.00. The summed E-state index contributed by atoms with van der Waals surface area (Å²) in [6.07, 6.45) is 5.79. The largest absolute Gasteiger partial charge is 0.454 e. The Hall–Kier alpha value is -1.46. The summed E-state index contributed by atoms with van der Waals surface area (Å²) in [5.74, 6) is 2.63. The molecule has 2 aliphatic heterocycles. The van der Waals surface area contributed by atoms with E-state index in [1.807, 2.05) is 6.07 Å². The molecule has 5 heteroatoms. The number of halogens is 2. The lowest BCUT2D eigenvalue weighted by atomic mass is 9.76. The van der Waals surface area contributed by atoms with Gasteiger partial charge in [0.05, 0.1) is 6.04 Å². The first kappa shape index (κ1) is 15.8. The van der Waals surface area contributed by atoms with Crippen molar-refractivity contribution in [1.82, 2.24) is 0 Å². The van der Waals surface area contributed by atoms with Crippen molar-refractivity contribution in [3.63, 3.8) is 0 Å². The predicted octanol–water partition coefficient (Wildman–Crippen LogP) is 5.79. The van der Waals surface area contributed by atoms with E-state index in [1.54, 1.807) is 0 Å². The standard InChI is InChI=1S/C20H17Br2NO2/c1-23-17-6-5-11(21)7-14(17)12-3-2-4-13(12)20(23)15-8-18-19(9-16(15)22)25-10-24-18/h2-3,5-9,12-13,20H,4,10H2,1H3. The van der Waals surface area contributed by atoms with Gasteiger partial charge >= 0.3 is 0 Å². The number of allylic oxidation sites excluding steroid dienone is 2. The molecule has 3 aliphatic rings. The second kappa shape index (κ2) is 5.78. The van der Waals surface area contributed by atoms with Gasteiger partial charge in [-0.2, -0.15) is 0 Å². The van der Waals surface area contributed by atoms with Crippen molar-refractivity contribution in [2.75, 3.05) is 18.7 Å². The number of ether oxygens (including phenoxy) is 2. The van der Waals surface area contributed by atoms with Gasteiger partial charge in [-0.05, 0) is 53.8 Å². The summed E-state index contributed by atoms with van der Waals surface area (Å²) in [4.78, 5) is 2.41. The Morgan fingerprint density at radius 2 is 1.84 bits per heavy atom. The van der Waals surface area contributed by atoms with Crippen LogP contribution in [0.2, 0.25) is 0 Å². The molecule has 2 heterocycles. The lowest BCUT2D eigenvalue weighted by molar-refractivity contribution is 0.174. The first-order valence-electron chi connectivity index (χ1n) is 8.41. The second-order valence-electron chi connectivity index (χ2n) is 6.84. The minimum absolute atomic E-state index is 0.289. The molecule has 0 N–H and O–H groups in total. The first-order chi connectivity index (χ1) is 12.1. The van der Waals surface area contributed by atoms with E-state index in [1.165, 1.54) is 16.8 Å².